The van der Waals surface area contributed by atoms with E-state index in [4.69, 9.17) is 9.47 Å². The second kappa shape index (κ2) is 5.01. The molecule has 1 atom stereocenters. The fourth-order valence-corrected chi connectivity index (χ4v) is 2.40. The molecule has 3 rings (SSSR count). The van der Waals surface area contributed by atoms with Crippen LogP contribution in [0.5, 0.6) is 5.75 Å². The number of ether oxygens (including phenoxy) is 2. The summed E-state index contributed by atoms with van der Waals surface area (Å²) in [5, 5.41) is 5.67. The Kier molecular flexibility index (Phi) is 3.21. The number of rotatable bonds is 3. The Hall–Kier alpha value is -1.88. The van der Waals surface area contributed by atoms with E-state index in [2.05, 4.69) is 5.10 Å². The van der Waals surface area contributed by atoms with E-state index in [0.29, 0.717) is 11.9 Å². The zero-order valence-electron chi connectivity index (χ0n) is 10.8. The third-order valence-corrected chi connectivity index (χ3v) is 3.46. The standard InChI is InChI=1S/C14H16N2O3/c1-18-11-4-5-13-10(7-11)8-15-16(14(13)17)9-12-3-2-6-19-12/h4-5,7-8,12H,2-3,6,9H2,1H3. The number of aromatic nitrogens is 2. The summed E-state index contributed by atoms with van der Waals surface area (Å²) < 4.78 is 12.2. The number of hydrogen-bond donors (Lipinski definition) is 0. The minimum absolute atomic E-state index is 0.0735. The molecule has 0 aliphatic carbocycles. The Bertz CT molecular complexity index is 645. The van der Waals surface area contributed by atoms with Crippen LogP contribution in [0.1, 0.15) is 12.8 Å². The fraction of sp³-hybridized carbons (Fsp3) is 0.429. The zero-order valence-corrected chi connectivity index (χ0v) is 10.8. The second-order valence-electron chi connectivity index (χ2n) is 4.72. The smallest absolute Gasteiger partial charge is 0.274 e. The van der Waals surface area contributed by atoms with Crippen molar-refractivity contribution in [2.45, 2.75) is 25.5 Å². The number of methoxy groups -OCH3 is 1. The normalized spacial score (nSPS) is 18.9. The lowest BCUT2D eigenvalue weighted by Gasteiger charge is -2.11. The van der Waals surface area contributed by atoms with Gasteiger partial charge < -0.3 is 9.47 Å². The highest BCUT2D eigenvalue weighted by atomic mass is 16.5. The van der Waals surface area contributed by atoms with Crippen LogP contribution in [0.3, 0.4) is 0 Å². The van der Waals surface area contributed by atoms with Crippen molar-refractivity contribution < 1.29 is 9.47 Å². The van der Waals surface area contributed by atoms with Gasteiger partial charge >= 0.3 is 0 Å². The summed E-state index contributed by atoms with van der Waals surface area (Å²) in [5.74, 6) is 0.727. The number of fused-ring (bicyclic) bond motifs is 1. The quantitative estimate of drug-likeness (QED) is 0.841. The molecule has 0 spiro atoms. The molecule has 1 aromatic heterocycles. The molecule has 1 fully saturated rings. The molecule has 0 saturated carbocycles. The summed E-state index contributed by atoms with van der Waals surface area (Å²) in [4.78, 5) is 12.3. The summed E-state index contributed by atoms with van der Waals surface area (Å²) in [6, 6.07) is 5.39. The number of benzene rings is 1. The molecule has 100 valence electrons. The Morgan fingerprint density at radius 3 is 3.16 bits per heavy atom. The molecule has 0 amide bonds. The van der Waals surface area contributed by atoms with Gasteiger partial charge in [-0.25, -0.2) is 4.68 Å². The molecule has 2 heterocycles. The predicted molar refractivity (Wildman–Crippen MR) is 71.5 cm³/mol. The average Bonchev–Trinajstić information content (AvgIpc) is 2.94. The lowest BCUT2D eigenvalue weighted by atomic mass is 10.2. The van der Waals surface area contributed by atoms with Gasteiger partial charge in [-0.05, 0) is 31.0 Å². The summed E-state index contributed by atoms with van der Waals surface area (Å²) in [6.45, 7) is 1.31. The average molecular weight is 260 g/mol. The fourth-order valence-electron chi connectivity index (χ4n) is 2.40. The molecular formula is C14H16N2O3. The predicted octanol–water partition coefficient (Wildman–Crippen LogP) is 1.58. The minimum Gasteiger partial charge on any atom is -0.497 e. The lowest BCUT2D eigenvalue weighted by Crippen LogP contribution is -2.28. The van der Waals surface area contributed by atoms with Crippen molar-refractivity contribution in [3.05, 3.63) is 34.7 Å². The summed E-state index contributed by atoms with van der Waals surface area (Å²) in [6.07, 6.45) is 3.87. The molecular weight excluding hydrogens is 244 g/mol. The molecule has 1 aliphatic heterocycles. The van der Waals surface area contributed by atoms with Crippen molar-refractivity contribution in [3.63, 3.8) is 0 Å². The highest BCUT2D eigenvalue weighted by Gasteiger charge is 2.17. The van der Waals surface area contributed by atoms with Crippen molar-refractivity contribution in [1.82, 2.24) is 9.78 Å². The third kappa shape index (κ3) is 2.33. The Labute approximate surface area is 110 Å². The molecule has 5 heteroatoms. The molecule has 5 nitrogen and oxygen atoms in total. The van der Waals surface area contributed by atoms with Crippen LogP contribution in [-0.2, 0) is 11.3 Å². The van der Waals surface area contributed by atoms with Crippen molar-refractivity contribution in [1.29, 1.82) is 0 Å². The molecule has 1 aliphatic rings. The van der Waals surface area contributed by atoms with Gasteiger partial charge in [0, 0.05) is 12.0 Å². The largest absolute Gasteiger partial charge is 0.497 e. The van der Waals surface area contributed by atoms with Gasteiger partial charge in [-0.2, -0.15) is 5.10 Å². The first-order valence-electron chi connectivity index (χ1n) is 6.43. The van der Waals surface area contributed by atoms with E-state index in [9.17, 15) is 4.79 Å². The van der Waals surface area contributed by atoms with Gasteiger partial charge in [0.2, 0.25) is 0 Å². The van der Waals surface area contributed by atoms with Crippen molar-refractivity contribution >= 4 is 10.8 Å². The van der Waals surface area contributed by atoms with E-state index < -0.39 is 0 Å². The SMILES string of the molecule is COc1ccc2c(=O)n(CC3CCCO3)ncc2c1. The second-order valence-corrected chi connectivity index (χ2v) is 4.72. The van der Waals surface area contributed by atoms with Crippen LogP contribution in [0.15, 0.2) is 29.2 Å². The van der Waals surface area contributed by atoms with Crippen molar-refractivity contribution in [2.24, 2.45) is 0 Å². The maximum atomic E-state index is 12.3. The topological polar surface area (TPSA) is 53.4 Å². The van der Waals surface area contributed by atoms with Gasteiger partial charge in [-0.1, -0.05) is 0 Å². The van der Waals surface area contributed by atoms with E-state index in [1.165, 1.54) is 4.68 Å². The Morgan fingerprint density at radius 1 is 1.53 bits per heavy atom. The zero-order chi connectivity index (χ0) is 13.2. The molecule has 19 heavy (non-hydrogen) atoms. The van der Waals surface area contributed by atoms with Gasteiger partial charge in [-0.15, -0.1) is 0 Å². The van der Waals surface area contributed by atoms with Crippen LogP contribution in [0, 0.1) is 0 Å². The molecule has 0 bridgehead atoms. The Morgan fingerprint density at radius 2 is 2.42 bits per heavy atom. The van der Waals surface area contributed by atoms with Gasteiger partial charge in [0.15, 0.2) is 0 Å². The third-order valence-electron chi connectivity index (χ3n) is 3.46. The van der Waals surface area contributed by atoms with Crippen LogP contribution in [0.25, 0.3) is 10.8 Å². The molecule has 2 aromatic rings. The lowest BCUT2D eigenvalue weighted by molar-refractivity contribution is 0.0928. The first-order chi connectivity index (χ1) is 9.28. The number of nitrogens with zero attached hydrogens (tertiary/aromatic N) is 2. The van der Waals surface area contributed by atoms with E-state index in [0.717, 1.165) is 30.6 Å². The van der Waals surface area contributed by atoms with Crippen molar-refractivity contribution in [2.75, 3.05) is 13.7 Å². The van der Waals surface area contributed by atoms with Crippen LogP contribution in [0.2, 0.25) is 0 Å². The first kappa shape index (κ1) is 12.2. The van der Waals surface area contributed by atoms with Gasteiger partial charge in [0.1, 0.15) is 5.75 Å². The van der Waals surface area contributed by atoms with Crippen molar-refractivity contribution in [3.8, 4) is 5.75 Å². The van der Waals surface area contributed by atoms with E-state index >= 15 is 0 Å². The van der Waals surface area contributed by atoms with Gasteiger partial charge in [0.05, 0.1) is 31.3 Å². The summed E-state index contributed by atoms with van der Waals surface area (Å²) in [7, 11) is 1.60. The number of hydrogen-bond acceptors (Lipinski definition) is 4. The maximum Gasteiger partial charge on any atom is 0.274 e. The van der Waals surface area contributed by atoms with Crippen LogP contribution < -0.4 is 10.3 Å². The van der Waals surface area contributed by atoms with E-state index in [1.807, 2.05) is 6.07 Å². The molecule has 0 radical (unpaired) electrons. The molecule has 1 aromatic carbocycles. The van der Waals surface area contributed by atoms with E-state index in [1.54, 1.807) is 25.4 Å². The minimum atomic E-state index is -0.0735. The van der Waals surface area contributed by atoms with Crippen LogP contribution >= 0.6 is 0 Å². The summed E-state index contributed by atoms with van der Waals surface area (Å²) >= 11 is 0. The summed E-state index contributed by atoms with van der Waals surface area (Å²) in [5.41, 5.74) is -0.0735. The van der Waals surface area contributed by atoms with Crippen LogP contribution in [0.4, 0.5) is 0 Å². The van der Waals surface area contributed by atoms with Gasteiger partial charge in [0.25, 0.3) is 5.56 Å². The highest BCUT2D eigenvalue weighted by molar-refractivity contribution is 5.82. The molecule has 0 N–H and O–H groups in total. The monoisotopic (exact) mass is 260 g/mol. The van der Waals surface area contributed by atoms with E-state index in [-0.39, 0.29) is 11.7 Å². The highest BCUT2D eigenvalue weighted by Crippen LogP contribution is 2.18. The maximum absolute atomic E-state index is 12.3. The first-order valence-corrected chi connectivity index (χ1v) is 6.43. The van der Waals surface area contributed by atoms with Crippen LogP contribution in [-0.4, -0.2) is 29.6 Å². The molecule has 1 saturated heterocycles. The molecule has 1 unspecified atom stereocenters. The Balaban J connectivity index is 1.98. The van der Waals surface area contributed by atoms with Gasteiger partial charge in [-0.3, -0.25) is 4.79 Å².